The van der Waals surface area contributed by atoms with Gasteiger partial charge in [0.05, 0.1) is 10.5 Å². The third-order valence-electron chi connectivity index (χ3n) is 5.35. The molecule has 0 aromatic carbocycles. The molecule has 1 aliphatic heterocycles. The fourth-order valence-electron chi connectivity index (χ4n) is 3.88. The number of aromatic nitrogens is 2. The van der Waals surface area contributed by atoms with Crippen LogP contribution in [0, 0.1) is 0 Å². The van der Waals surface area contributed by atoms with Gasteiger partial charge in [0.2, 0.25) is 0 Å². The predicted octanol–water partition coefficient (Wildman–Crippen LogP) is 4.05. The summed E-state index contributed by atoms with van der Waals surface area (Å²) in [7, 11) is 0. The van der Waals surface area contributed by atoms with Gasteiger partial charge in [0.25, 0.3) is 11.5 Å². The van der Waals surface area contributed by atoms with Crippen LogP contribution >= 0.6 is 24.0 Å². The Labute approximate surface area is 179 Å². The van der Waals surface area contributed by atoms with Crippen LogP contribution < -0.4 is 10.9 Å². The van der Waals surface area contributed by atoms with Crippen molar-refractivity contribution in [1.82, 2.24) is 14.3 Å². The second kappa shape index (κ2) is 8.67. The summed E-state index contributed by atoms with van der Waals surface area (Å²) < 4.78 is 2.09. The average molecular weight is 429 g/mol. The number of hydrogen-bond donors (Lipinski definition) is 1. The smallest absolute Gasteiger partial charge is 0.267 e. The van der Waals surface area contributed by atoms with Crippen molar-refractivity contribution in [3.8, 4) is 0 Å². The van der Waals surface area contributed by atoms with Crippen molar-refractivity contribution in [2.24, 2.45) is 0 Å². The van der Waals surface area contributed by atoms with Gasteiger partial charge in [0.1, 0.15) is 15.8 Å². The van der Waals surface area contributed by atoms with Crippen molar-refractivity contribution in [3.63, 3.8) is 0 Å². The second-order valence-electron chi connectivity index (χ2n) is 7.38. The Morgan fingerprint density at radius 1 is 1.28 bits per heavy atom. The Kier molecular flexibility index (Phi) is 6.01. The summed E-state index contributed by atoms with van der Waals surface area (Å²) in [5, 5.41) is 3.23. The van der Waals surface area contributed by atoms with Gasteiger partial charge in [-0.25, -0.2) is 4.98 Å². The highest BCUT2D eigenvalue weighted by Crippen LogP contribution is 2.37. The lowest BCUT2D eigenvalue weighted by Gasteiger charge is -2.29. The second-order valence-corrected chi connectivity index (χ2v) is 9.05. The van der Waals surface area contributed by atoms with Crippen LogP contribution in [-0.2, 0) is 4.79 Å². The zero-order chi connectivity index (χ0) is 20.4. The maximum absolute atomic E-state index is 13.1. The minimum absolute atomic E-state index is 0.0918. The van der Waals surface area contributed by atoms with Crippen LogP contribution in [0.2, 0.25) is 0 Å². The molecule has 1 saturated carbocycles. The summed E-state index contributed by atoms with van der Waals surface area (Å²) in [6.45, 7) is 2.75. The number of nitrogens with one attached hydrogen (secondary N) is 1. The summed E-state index contributed by atoms with van der Waals surface area (Å²) in [5.41, 5.74) is 0.770. The number of hydrogen-bond acceptors (Lipinski definition) is 6. The van der Waals surface area contributed by atoms with Crippen molar-refractivity contribution in [3.05, 3.63) is 45.2 Å². The number of pyridine rings is 1. The normalized spacial score (nSPS) is 19.5. The molecule has 0 bridgehead atoms. The van der Waals surface area contributed by atoms with Crippen LogP contribution in [0.1, 0.15) is 51.0 Å². The number of carbonyl (C=O) groups excluding carboxylic acids is 1. The van der Waals surface area contributed by atoms with Gasteiger partial charge < -0.3 is 5.32 Å². The summed E-state index contributed by atoms with van der Waals surface area (Å²) in [6, 6.07) is 5.61. The number of anilines is 1. The van der Waals surface area contributed by atoms with E-state index in [-0.39, 0.29) is 17.5 Å². The third-order valence-corrected chi connectivity index (χ3v) is 6.68. The molecule has 3 heterocycles. The van der Waals surface area contributed by atoms with E-state index in [0.717, 1.165) is 32.1 Å². The number of fused-ring (bicyclic) bond motifs is 1. The first-order valence-electron chi connectivity index (χ1n) is 10.1. The third kappa shape index (κ3) is 3.96. The first-order chi connectivity index (χ1) is 14.1. The highest BCUT2D eigenvalue weighted by atomic mass is 32.2. The highest BCUT2D eigenvalue weighted by molar-refractivity contribution is 8.26. The van der Waals surface area contributed by atoms with Crippen molar-refractivity contribution in [1.29, 1.82) is 0 Å². The number of carbonyl (C=O) groups is 1. The maximum Gasteiger partial charge on any atom is 0.267 e. The minimum Gasteiger partial charge on any atom is -0.369 e. The number of nitrogens with zero attached hydrogens (tertiary/aromatic N) is 3. The molecule has 4 rings (SSSR count). The molecule has 2 aliphatic rings. The number of thiocarbonyl (C=S) groups is 1. The summed E-state index contributed by atoms with van der Waals surface area (Å²) >= 11 is 6.80. The molecular formula is C21H24N4O2S2. The maximum atomic E-state index is 13.1. The summed E-state index contributed by atoms with van der Waals surface area (Å²) in [5.74, 6) is 0.414. The molecular weight excluding hydrogens is 404 g/mol. The SMILES string of the molecule is CCCNc1nc2ccccn2c(=O)c1/C=C1/SC(=S)N(C2CCCCC2)C1=O. The molecule has 2 aromatic heterocycles. The topological polar surface area (TPSA) is 66.7 Å². The summed E-state index contributed by atoms with van der Waals surface area (Å²) in [6.07, 6.45) is 9.70. The van der Waals surface area contributed by atoms with Crippen LogP contribution in [-0.4, -0.2) is 37.1 Å². The van der Waals surface area contributed by atoms with E-state index in [4.69, 9.17) is 12.2 Å². The average Bonchev–Trinajstić information content (AvgIpc) is 3.02. The van der Waals surface area contributed by atoms with Crippen LogP contribution in [0.3, 0.4) is 0 Å². The molecule has 152 valence electrons. The Balaban J connectivity index is 1.75. The zero-order valence-corrected chi connectivity index (χ0v) is 18.0. The predicted molar refractivity (Wildman–Crippen MR) is 122 cm³/mol. The van der Waals surface area contributed by atoms with E-state index < -0.39 is 0 Å². The van der Waals surface area contributed by atoms with Crippen LogP contribution in [0.5, 0.6) is 0 Å². The van der Waals surface area contributed by atoms with Crippen LogP contribution in [0.4, 0.5) is 5.82 Å². The van der Waals surface area contributed by atoms with Crippen LogP contribution in [0.15, 0.2) is 34.1 Å². The Hall–Kier alpha value is -2.19. The molecule has 0 radical (unpaired) electrons. The quantitative estimate of drug-likeness (QED) is 0.572. The van der Waals surface area contributed by atoms with Crippen molar-refractivity contribution >= 4 is 51.7 Å². The first-order valence-corrected chi connectivity index (χ1v) is 11.3. The Morgan fingerprint density at radius 2 is 2.07 bits per heavy atom. The molecule has 1 N–H and O–H groups in total. The van der Waals surface area contributed by atoms with E-state index in [0.29, 0.717) is 32.8 Å². The fraction of sp³-hybridized carbons (Fsp3) is 0.429. The largest absolute Gasteiger partial charge is 0.369 e. The molecule has 6 nitrogen and oxygen atoms in total. The fourth-order valence-corrected chi connectivity index (χ4v) is 5.26. The van der Waals surface area contributed by atoms with Gasteiger partial charge in [-0.2, -0.15) is 0 Å². The molecule has 2 fully saturated rings. The summed E-state index contributed by atoms with van der Waals surface area (Å²) in [4.78, 5) is 33.1. The van der Waals surface area contributed by atoms with Gasteiger partial charge in [0, 0.05) is 18.8 Å². The van der Waals surface area contributed by atoms with Crippen molar-refractivity contribution in [2.75, 3.05) is 11.9 Å². The molecule has 29 heavy (non-hydrogen) atoms. The molecule has 8 heteroatoms. The number of rotatable bonds is 5. The van der Waals surface area contributed by atoms with Gasteiger partial charge in [-0.05, 0) is 37.5 Å². The zero-order valence-electron chi connectivity index (χ0n) is 16.4. The number of amides is 1. The standard InChI is InChI=1S/C21H24N4O2S2/c1-2-11-22-18-15(19(26)24-12-7-6-10-17(24)23-18)13-16-20(27)25(21(28)29-16)14-8-4-3-5-9-14/h6-7,10,12-14,22H,2-5,8-9,11H2,1H3/b16-13+. The van der Waals surface area contributed by atoms with E-state index in [9.17, 15) is 9.59 Å². The molecule has 0 atom stereocenters. The molecule has 1 aliphatic carbocycles. The lowest BCUT2D eigenvalue weighted by Crippen LogP contribution is -2.39. The molecule has 0 unspecified atom stereocenters. The first kappa shape index (κ1) is 20.1. The van der Waals surface area contributed by atoms with Crippen molar-refractivity contribution in [2.45, 2.75) is 51.5 Å². The lowest BCUT2D eigenvalue weighted by atomic mass is 9.94. The van der Waals surface area contributed by atoms with Gasteiger partial charge in [-0.15, -0.1) is 0 Å². The van der Waals surface area contributed by atoms with Crippen LogP contribution in [0.25, 0.3) is 11.7 Å². The molecule has 0 spiro atoms. The van der Waals surface area contributed by atoms with E-state index in [1.54, 1.807) is 29.3 Å². The Bertz CT molecular complexity index is 1040. The minimum atomic E-state index is -0.197. The highest BCUT2D eigenvalue weighted by Gasteiger charge is 2.37. The van der Waals surface area contributed by atoms with E-state index in [1.165, 1.54) is 22.6 Å². The Morgan fingerprint density at radius 3 is 2.83 bits per heavy atom. The molecule has 1 saturated heterocycles. The molecule has 1 amide bonds. The van der Waals surface area contributed by atoms with E-state index >= 15 is 0 Å². The number of thioether (sulfide) groups is 1. The van der Waals surface area contributed by atoms with Gasteiger partial charge in [-0.3, -0.25) is 18.9 Å². The van der Waals surface area contributed by atoms with Gasteiger partial charge in [-0.1, -0.05) is 56.2 Å². The molecule has 2 aromatic rings. The van der Waals surface area contributed by atoms with E-state index in [2.05, 4.69) is 17.2 Å². The van der Waals surface area contributed by atoms with Gasteiger partial charge in [0.15, 0.2) is 0 Å². The van der Waals surface area contributed by atoms with Gasteiger partial charge >= 0.3 is 0 Å². The monoisotopic (exact) mass is 428 g/mol. The lowest BCUT2D eigenvalue weighted by molar-refractivity contribution is -0.124. The van der Waals surface area contributed by atoms with E-state index in [1.807, 2.05) is 6.07 Å². The van der Waals surface area contributed by atoms with Crippen molar-refractivity contribution < 1.29 is 4.79 Å².